The van der Waals surface area contributed by atoms with Crippen molar-refractivity contribution in [1.82, 2.24) is 0 Å². The number of halogens is 2. The van der Waals surface area contributed by atoms with E-state index in [0.717, 1.165) is 17.4 Å². The molecule has 0 amide bonds. The Morgan fingerprint density at radius 2 is 1.76 bits per heavy atom. The van der Waals surface area contributed by atoms with Crippen molar-refractivity contribution in [3.05, 3.63) is 58.4 Å². The summed E-state index contributed by atoms with van der Waals surface area (Å²) in [6.07, 6.45) is 0.797. The van der Waals surface area contributed by atoms with Gasteiger partial charge in [-0.3, -0.25) is 4.79 Å². The predicted molar refractivity (Wildman–Crippen MR) is 67.0 cm³/mol. The molecule has 0 heterocycles. The zero-order valence-corrected chi connectivity index (χ0v) is 9.96. The van der Waals surface area contributed by atoms with E-state index in [0.29, 0.717) is 11.1 Å². The van der Waals surface area contributed by atoms with Crippen molar-refractivity contribution in [1.29, 1.82) is 0 Å². The van der Waals surface area contributed by atoms with Crippen molar-refractivity contribution in [2.75, 3.05) is 0 Å². The molecule has 0 N–H and O–H groups in total. The lowest BCUT2D eigenvalue weighted by molar-refractivity contribution is 0.112. The first-order valence-electron chi connectivity index (χ1n) is 5.13. The molecule has 0 unspecified atom stereocenters. The third kappa shape index (κ3) is 2.37. The van der Waals surface area contributed by atoms with E-state index in [-0.39, 0.29) is 5.02 Å². The van der Waals surface area contributed by atoms with Crippen LogP contribution in [0.15, 0.2) is 36.4 Å². The van der Waals surface area contributed by atoms with Crippen LogP contribution in [0.1, 0.15) is 15.9 Å². The fourth-order valence-electron chi connectivity index (χ4n) is 1.62. The molecule has 2 aromatic rings. The van der Waals surface area contributed by atoms with Gasteiger partial charge in [0.15, 0.2) is 0 Å². The van der Waals surface area contributed by atoms with Crippen molar-refractivity contribution >= 4 is 17.9 Å². The zero-order valence-electron chi connectivity index (χ0n) is 9.21. The van der Waals surface area contributed by atoms with Gasteiger partial charge in [-0.15, -0.1) is 0 Å². The molecule has 3 heteroatoms. The molecule has 0 spiro atoms. The minimum atomic E-state index is -0.461. The molecule has 0 aliphatic heterocycles. The maximum Gasteiger partial charge on any atom is 0.150 e. The molecule has 0 aromatic heterocycles. The molecule has 0 radical (unpaired) electrons. The summed E-state index contributed by atoms with van der Waals surface area (Å²) in [4.78, 5) is 10.8. The Morgan fingerprint density at radius 3 is 2.41 bits per heavy atom. The molecule has 17 heavy (non-hydrogen) atoms. The molecule has 2 rings (SSSR count). The quantitative estimate of drug-likeness (QED) is 0.726. The second-order valence-electron chi connectivity index (χ2n) is 3.82. The molecule has 0 aliphatic rings. The Labute approximate surface area is 104 Å². The monoisotopic (exact) mass is 248 g/mol. The normalized spacial score (nSPS) is 10.3. The molecular formula is C14H10ClFO. The third-order valence-electron chi connectivity index (χ3n) is 2.66. The number of carbonyl (C=O) groups is 1. The van der Waals surface area contributed by atoms with Crippen LogP contribution in [-0.4, -0.2) is 6.29 Å². The summed E-state index contributed by atoms with van der Waals surface area (Å²) in [5, 5.41) is 0.0940. The van der Waals surface area contributed by atoms with Crippen molar-refractivity contribution in [2.45, 2.75) is 6.92 Å². The van der Waals surface area contributed by atoms with Crippen molar-refractivity contribution in [3.8, 4) is 11.1 Å². The predicted octanol–water partition coefficient (Wildman–Crippen LogP) is 4.27. The van der Waals surface area contributed by atoms with Crippen LogP contribution in [0.25, 0.3) is 11.1 Å². The Balaban J connectivity index is 2.52. The first-order valence-corrected chi connectivity index (χ1v) is 5.51. The van der Waals surface area contributed by atoms with Gasteiger partial charge in [-0.2, -0.15) is 0 Å². The second kappa shape index (κ2) is 4.68. The van der Waals surface area contributed by atoms with Crippen molar-refractivity contribution < 1.29 is 9.18 Å². The lowest BCUT2D eigenvalue weighted by atomic mass is 10.0. The molecule has 0 atom stereocenters. The van der Waals surface area contributed by atoms with Gasteiger partial charge in [0.05, 0.1) is 5.02 Å². The summed E-state index contributed by atoms with van der Waals surface area (Å²) in [6, 6.07) is 10.0. The maximum atomic E-state index is 13.3. The number of aryl methyl sites for hydroxylation is 1. The van der Waals surface area contributed by atoms with E-state index in [1.165, 1.54) is 12.1 Å². The lowest BCUT2D eigenvalue weighted by Gasteiger charge is -2.05. The summed E-state index contributed by atoms with van der Waals surface area (Å²) in [6.45, 7) is 1.86. The van der Waals surface area contributed by atoms with E-state index in [9.17, 15) is 9.18 Å². The fraction of sp³-hybridized carbons (Fsp3) is 0.0714. The van der Waals surface area contributed by atoms with E-state index in [4.69, 9.17) is 11.6 Å². The first kappa shape index (κ1) is 11.8. The maximum absolute atomic E-state index is 13.3. The zero-order chi connectivity index (χ0) is 12.4. The third-order valence-corrected chi connectivity index (χ3v) is 2.97. The topological polar surface area (TPSA) is 17.1 Å². The molecule has 0 saturated heterocycles. The molecule has 0 fully saturated rings. The van der Waals surface area contributed by atoms with Crippen LogP contribution in [0.3, 0.4) is 0 Å². The van der Waals surface area contributed by atoms with Gasteiger partial charge in [-0.05, 0) is 41.8 Å². The van der Waals surface area contributed by atoms with Gasteiger partial charge < -0.3 is 0 Å². The summed E-state index contributed by atoms with van der Waals surface area (Å²) >= 11 is 5.62. The van der Waals surface area contributed by atoms with Crippen LogP contribution >= 0.6 is 11.6 Å². The summed E-state index contributed by atoms with van der Waals surface area (Å²) in [7, 11) is 0. The minimum absolute atomic E-state index is 0.0940. The van der Waals surface area contributed by atoms with Crippen molar-refractivity contribution in [3.63, 3.8) is 0 Å². The number of rotatable bonds is 2. The molecule has 1 nitrogen and oxygen atoms in total. The average molecular weight is 249 g/mol. The molecular weight excluding hydrogens is 239 g/mol. The first-order chi connectivity index (χ1) is 8.11. The fourth-order valence-corrected chi connectivity index (χ4v) is 1.74. The number of hydrogen-bond acceptors (Lipinski definition) is 1. The van der Waals surface area contributed by atoms with Crippen LogP contribution in [0, 0.1) is 12.7 Å². The molecule has 86 valence electrons. The molecule has 0 saturated carbocycles. The lowest BCUT2D eigenvalue weighted by Crippen LogP contribution is -1.88. The highest BCUT2D eigenvalue weighted by molar-refractivity contribution is 6.30. The van der Waals surface area contributed by atoms with E-state index in [1.807, 2.05) is 19.1 Å². The van der Waals surface area contributed by atoms with Gasteiger partial charge in [-0.1, -0.05) is 29.8 Å². The van der Waals surface area contributed by atoms with Crippen LogP contribution in [0.5, 0.6) is 0 Å². The van der Waals surface area contributed by atoms with E-state index in [1.54, 1.807) is 12.1 Å². The Morgan fingerprint density at radius 1 is 1.12 bits per heavy atom. The summed E-state index contributed by atoms with van der Waals surface area (Å²) in [5.41, 5.74) is 3.01. The van der Waals surface area contributed by atoms with Crippen LogP contribution in [0.2, 0.25) is 5.02 Å². The molecule has 0 aliphatic carbocycles. The van der Waals surface area contributed by atoms with Crippen LogP contribution in [-0.2, 0) is 0 Å². The number of benzene rings is 2. The largest absolute Gasteiger partial charge is 0.298 e. The number of carbonyl (C=O) groups excluding carboxylic acids is 1. The van der Waals surface area contributed by atoms with E-state index in [2.05, 4.69) is 0 Å². The van der Waals surface area contributed by atoms with E-state index < -0.39 is 5.82 Å². The van der Waals surface area contributed by atoms with Gasteiger partial charge >= 0.3 is 0 Å². The van der Waals surface area contributed by atoms with Gasteiger partial charge in [0.2, 0.25) is 0 Å². The Hall–Kier alpha value is -1.67. The summed E-state index contributed by atoms with van der Waals surface area (Å²) in [5.74, 6) is -0.461. The van der Waals surface area contributed by atoms with Crippen LogP contribution < -0.4 is 0 Å². The highest BCUT2D eigenvalue weighted by Gasteiger charge is 2.05. The highest BCUT2D eigenvalue weighted by atomic mass is 35.5. The van der Waals surface area contributed by atoms with Gasteiger partial charge in [0.1, 0.15) is 12.1 Å². The second-order valence-corrected chi connectivity index (χ2v) is 4.23. The molecule has 2 aromatic carbocycles. The average Bonchev–Trinajstić information content (AvgIpc) is 2.33. The molecule has 0 bridgehead atoms. The Bertz CT molecular complexity index is 578. The standard InChI is InChI=1S/C14H10ClFO/c1-9-2-3-10(6-12(9)8-17)11-4-5-13(15)14(16)7-11/h2-8H,1H3. The smallest absolute Gasteiger partial charge is 0.150 e. The highest BCUT2D eigenvalue weighted by Crippen LogP contribution is 2.25. The van der Waals surface area contributed by atoms with E-state index >= 15 is 0 Å². The SMILES string of the molecule is Cc1ccc(-c2ccc(Cl)c(F)c2)cc1C=O. The summed E-state index contributed by atoms with van der Waals surface area (Å²) < 4.78 is 13.3. The Kier molecular flexibility index (Phi) is 3.25. The number of hydrogen-bond donors (Lipinski definition) is 0. The van der Waals surface area contributed by atoms with Gasteiger partial charge in [-0.25, -0.2) is 4.39 Å². The van der Waals surface area contributed by atoms with Crippen LogP contribution in [0.4, 0.5) is 4.39 Å². The van der Waals surface area contributed by atoms with Gasteiger partial charge in [0.25, 0.3) is 0 Å². The number of aldehydes is 1. The van der Waals surface area contributed by atoms with Gasteiger partial charge in [0, 0.05) is 5.56 Å². The van der Waals surface area contributed by atoms with Crippen molar-refractivity contribution in [2.24, 2.45) is 0 Å². The minimum Gasteiger partial charge on any atom is -0.298 e.